The van der Waals surface area contributed by atoms with Crippen molar-refractivity contribution in [3.63, 3.8) is 0 Å². The number of benzene rings is 3. The molecule has 2 nitrogen and oxygen atoms in total. The highest BCUT2D eigenvalue weighted by Crippen LogP contribution is 2.53. The van der Waals surface area contributed by atoms with Gasteiger partial charge in [-0.05, 0) is 37.0 Å². The maximum atomic E-state index is 6.45. The third-order valence-electron chi connectivity index (χ3n) is 6.18. The minimum absolute atomic E-state index is 0.288. The molecule has 4 aromatic rings. The first-order chi connectivity index (χ1) is 14.1. The van der Waals surface area contributed by atoms with E-state index in [0.29, 0.717) is 17.2 Å². The highest BCUT2D eigenvalue weighted by molar-refractivity contribution is 8.00. The predicted molar refractivity (Wildman–Crippen MR) is 126 cm³/mol. The number of hydrogen-bond donors (Lipinski definition) is 0. The number of hydrogen-bond acceptors (Lipinski definition) is 3. The second-order valence-electron chi connectivity index (χ2n) is 8.46. The van der Waals surface area contributed by atoms with Crippen LogP contribution in [0, 0.1) is 12.8 Å². The summed E-state index contributed by atoms with van der Waals surface area (Å²) in [6.45, 7) is 9.27. The van der Waals surface area contributed by atoms with Crippen molar-refractivity contribution in [1.29, 1.82) is 0 Å². The molecule has 1 aromatic heterocycles. The van der Waals surface area contributed by atoms with Crippen molar-refractivity contribution in [2.45, 2.75) is 44.4 Å². The summed E-state index contributed by atoms with van der Waals surface area (Å²) in [4.78, 5) is 2.62. The van der Waals surface area contributed by atoms with Crippen molar-refractivity contribution in [3.05, 3.63) is 77.9 Å². The minimum Gasteiger partial charge on any atom is -0.454 e. The van der Waals surface area contributed by atoms with Gasteiger partial charge in [0.05, 0.1) is 5.69 Å². The normalized spacial score (nSPS) is 22.2. The van der Waals surface area contributed by atoms with E-state index < -0.39 is 0 Å². The Bertz CT molecular complexity index is 1160. The molecule has 5 rings (SSSR count). The predicted octanol–water partition coefficient (Wildman–Crippen LogP) is 7.56. The van der Waals surface area contributed by atoms with Crippen molar-refractivity contribution in [3.8, 4) is 0 Å². The fourth-order valence-corrected chi connectivity index (χ4v) is 6.50. The number of para-hydroxylation sites is 1. The lowest BCUT2D eigenvalue weighted by Crippen LogP contribution is -2.36. The van der Waals surface area contributed by atoms with E-state index in [4.69, 9.17) is 4.42 Å². The molecule has 148 valence electrons. The molecule has 1 aliphatic rings. The first kappa shape index (κ1) is 18.6. The van der Waals surface area contributed by atoms with E-state index in [1.54, 1.807) is 0 Å². The zero-order valence-electron chi connectivity index (χ0n) is 17.4. The Morgan fingerprint density at radius 2 is 1.62 bits per heavy atom. The molecule has 2 unspecified atom stereocenters. The van der Waals surface area contributed by atoms with E-state index in [1.165, 1.54) is 27.6 Å². The lowest BCUT2D eigenvalue weighted by atomic mass is 10.00. The number of rotatable bonds is 3. The summed E-state index contributed by atoms with van der Waals surface area (Å²) in [5.74, 6) is 0.612. The highest BCUT2D eigenvalue weighted by Gasteiger charge is 2.42. The Labute approximate surface area is 176 Å². The van der Waals surface area contributed by atoms with Gasteiger partial charge in [0.2, 0.25) is 0 Å². The van der Waals surface area contributed by atoms with E-state index in [1.807, 2.05) is 6.07 Å². The van der Waals surface area contributed by atoms with E-state index in [2.05, 4.69) is 105 Å². The van der Waals surface area contributed by atoms with Gasteiger partial charge in [-0.2, -0.15) is 0 Å². The summed E-state index contributed by atoms with van der Waals surface area (Å²) in [6.07, 6.45) is 0. The Kier molecular flexibility index (Phi) is 4.59. The SMILES string of the molecule is Cc1ccc2c(oc3ccccc32)c1N1C(c2ccccc2)SC(C(C)C)[C@@H]1C. The molecule has 1 saturated heterocycles. The Morgan fingerprint density at radius 1 is 0.897 bits per heavy atom. The van der Waals surface area contributed by atoms with Gasteiger partial charge in [-0.25, -0.2) is 0 Å². The van der Waals surface area contributed by atoms with Gasteiger partial charge in [0, 0.05) is 22.1 Å². The second-order valence-corrected chi connectivity index (χ2v) is 9.72. The van der Waals surface area contributed by atoms with Crippen LogP contribution in [-0.2, 0) is 0 Å². The average Bonchev–Trinajstić information content (AvgIpc) is 3.27. The van der Waals surface area contributed by atoms with E-state index in [-0.39, 0.29) is 5.37 Å². The first-order valence-electron chi connectivity index (χ1n) is 10.5. The lowest BCUT2D eigenvalue weighted by molar-refractivity contribution is 0.525. The van der Waals surface area contributed by atoms with Crippen LogP contribution in [0.4, 0.5) is 5.69 Å². The molecular weight excluding hydrogens is 374 g/mol. The Hall–Kier alpha value is -2.39. The van der Waals surface area contributed by atoms with Crippen LogP contribution in [0.1, 0.15) is 37.3 Å². The van der Waals surface area contributed by atoms with Crippen LogP contribution < -0.4 is 4.90 Å². The molecule has 3 heteroatoms. The fraction of sp³-hybridized carbons (Fsp3) is 0.308. The zero-order chi connectivity index (χ0) is 20.1. The minimum atomic E-state index is 0.288. The number of nitrogens with zero attached hydrogens (tertiary/aromatic N) is 1. The van der Waals surface area contributed by atoms with Crippen LogP contribution in [0.2, 0.25) is 0 Å². The number of furan rings is 1. The molecule has 1 aliphatic heterocycles. The van der Waals surface area contributed by atoms with Gasteiger partial charge in [0.15, 0.2) is 5.58 Å². The number of anilines is 1. The molecule has 0 radical (unpaired) electrons. The molecule has 1 fully saturated rings. The topological polar surface area (TPSA) is 16.4 Å². The molecule has 0 bridgehead atoms. The summed E-state index contributed by atoms with van der Waals surface area (Å²) in [6, 6.07) is 24.2. The van der Waals surface area contributed by atoms with Crippen LogP contribution in [0.5, 0.6) is 0 Å². The zero-order valence-corrected chi connectivity index (χ0v) is 18.2. The van der Waals surface area contributed by atoms with Crippen molar-refractivity contribution in [1.82, 2.24) is 0 Å². The molecule has 3 atom stereocenters. The molecular formula is C26H27NOS. The van der Waals surface area contributed by atoms with Gasteiger partial charge in [-0.1, -0.05) is 74.5 Å². The van der Waals surface area contributed by atoms with Gasteiger partial charge in [0.1, 0.15) is 11.0 Å². The molecule has 3 aromatic carbocycles. The Balaban J connectivity index is 1.75. The number of fused-ring (bicyclic) bond motifs is 3. The summed E-state index contributed by atoms with van der Waals surface area (Å²) >= 11 is 2.09. The summed E-state index contributed by atoms with van der Waals surface area (Å²) in [5, 5.41) is 3.26. The fourth-order valence-electron chi connectivity index (χ4n) is 4.79. The molecule has 0 N–H and O–H groups in total. The van der Waals surface area contributed by atoms with E-state index in [0.717, 1.165) is 11.2 Å². The molecule has 0 amide bonds. The molecule has 0 aliphatic carbocycles. The monoisotopic (exact) mass is 401 g/mol. The van der Waals surface area contributed by atoms with Crippen LogP contribution >= 0.6 is 11.8 Å². The van der Waals surface area contributed by atoms with Crippen molar-refractivity contribution >= 4 is 39.4 Å². The van der Waals surface area contributed by atoms with Crippen LogP contribution in [-0.4, -0.2) is 11.3 Å². The third-order valence-corrected chi connectivity index (χ3v) is 8.18. The smallest absolute Gasteiger partial charge is 0.159 e. The lowest BCUT2D eigenvalue weighted by Gasteiger charge is -2.32. The summed E-state index contributed by atoms with van der Waals surface area (Å²) in [7, 11) is 0. The number of aryl methyl sites for hydroxylation is 1. The molecule has 29 heavy (non-hydrogen) atoms. The average molecular weight is 402 g/mol. The maximum absolute atomic E-state index is 6.45. The molecule has 0 spiro atoms. The van der Waals surface area contributed by atoms with Gasteiger partial charge >= 0.3 is 0 Å². The standard InChI is InChI=1S/C26H27NOS/c1-16(2)25-18(4)27(26(29-25)19-10-6-5-7-11-19)23-17(3)14-15-21-20-12-8-9-13-22(20)28-24(21)23/h5-16,18,25-26H,1-4H3/t18-,25?,26?/m0/s1. The van der Waals surface area contributed by atoms with Gasteiger partial charge in [-0.15, -0.1) is 11.8 Å². The van der Waals surface area contributed by atoms with Crippen molar-refractivity contribution in [2.24, 2.45) is 5.92 Å². The summed E-state index contributed by atoms with van der Waals surface area (Å²) < 4.78 is 6.45. The first-order valence-corrected chi connectivity index (χ1v) is 11.4. The van der Waals surface area contributed by atoms with Crippen LogP contribution in [0.15, 0.2) is 71.1 Å². The largest absolute Gasteiger partial charge is 0.454 e. The van der Waals surface area contributed by atoms with Crippen LogP contribution in [0.25, 0.3) is 21.9 Å². The summed E-state index contributed by atoms with van der Waals surface area (Å²) in [5.41, 5.74) is 5.86. The van der Waals surface area contributed by atoms with Crippen molar-refractivity contribution in [2.75, 3.05) is 4.90 Å². The van der Waals surface area contributed by atoms with Crippen LogP contribution in [0.3, 0.4) is 0 Å². The Morgan fingerprint density at radius 3 is 2.38 bits per heavy atom. The number of thioether (sulfide) groups is 1. The van der Waals surface area contributed by atoms with E-state index in [9.17, 15) is 0 Å². The van der Waals surface area contributed by atoms with Gasteiger partial charge in [0.25, 0.3) is 0 Å². The van der Waals surface area contributed by atoms with Gasteiger partial charge in [-0.3, -0.25) is 0 Å². The van der Waals surface area contributed by atoms with E-state index >= 15 is 0 Å². The van der Waals surface area contributed by atoms with Crippen molar-refractivity contribution < 1.29 is 4.42 Å². The highest BCUT2D eigenvalue weighted by atomic mass is 32.2. The third kappa shape index (κ3) is 2.95. The quantitative estimate of drug-likeness (QED) is 0.352. The molecule has 0 saturated carbocycles. The second kappa shape index (κ2) is 7.14. The van der Waals surface area contributed by atoms with Gasteiger partial charge < -0.3 is 9.32 Å². The maximum Gasteiger partial charge on any atom is 0.159 e. The molecule has 2 heterocycles.